The molecule has 0 aromatic heterocycles. The summed E-state index contributed by atoms with van der Waals surface area (Å²) in [7, 11) is 0. The summed E-state index contributed by atoms with van der Waals surface area (Å²) in [6.45, 7) is 10.9. The Balaban J connectivity index is 2.73. The van der Waals surface area contributed by atoms with Gasteiger partial charge in [-0.25, -0.2) is 4.79 Å². The van der Waals surface area contributed by atoms with E-state index >= 15 is 0 Å². The van der Waals surface area contributed by atoms with Crippen LogP contribution in [0, 0.1) is 13.8 Å². The average molecular weight is 277 g/mol. The number of esters is 1. The third-order valence-corrected chi connectivity index (χ3v) is 2.73. The molecule has 0 aliphatic heterocycles. The quantitative estimate of drug-likeness (QED) is 0.864. The summed E-state index contributed by atoms with van der Waals surface area (Å²) in [5.41, 5.74) is 2.00. The van der Waals surface area contributed by atoms with Crippen molar-refractivity contribution in [2.24, 2.45) is 0 Å². The Labute approximate surface area is 120 Å². The number of benzene rings is 1. The maximum Gasteiger partial charge on any atom is 0.328 e. The molecular weight excluding hydrogens is 254 g/mol. The fraction of sp³-hybridized carbons (Fsp3) is 0.500. The first-order valence-electron chi connectivity index (χ1n) is 6.71. The first-order valence-corrected chi connectivity index (χ1v) is 6.71. The lowest BCUT2D eigenvalue weighted by molar-refractivity contribution is -0.156. The predicted molar refractivity (Wildman–Crippen MR) is 78.7 cm³/mol. The lowest BCUT2D eigenvalue weighted by Crippen LogP contribution is -2.42. The molecule has 1 atom stereocenters. The summed E-state index contributed by atoms with van der Waals surface area (Å²) < 4.78 is 5.23. The molecule has 0 unspecified atom stereocenters. The van der Waals surface area contributed by atoms with Gasteiger partial charge in [-0.15, -0.1) is 0 Å². The molecular formula is C16H23NO3. The minimum Gasteiger partial charge on any atom is -0.458 e. The van der Waals surface area contributed by atoms with Gasteiger partial charge in [-0.1, -0.05) is 17.7 Å². The third kappa shape index (κ3) is 4.68. The van der Waals surface area contributed by atoms with E-state index in [1.54, 1.807) is 33.8 Å². The van der Waals surface area contributed by atoms with Gasteiger partial charge in [-0.3, -0.25) is 4.79 Å². The number of hydrogen-bond donors (Lipinski definition) is 1. The van der Waals surface area contributed by atoms with Crippen LogP contribution < -0.4 is 5.32 Å². The summed E-state index contributed by atoms with van der Waals surface area (Å²) >= 11 is 0. The Morgan fingerprint density at radius 1 is 1.20 bits per heavy atom. The second kappa shape index (κ2) is 6.07. The molecule has 1 N–H and O–H groups in total. The highest BCUT2D eigenvalue weighted by Crippen LogP contribution is 2.12. The maximum absolute atomic E-state index is 12.1. The van der Waals surface area contributed by atoms with Gasteiger partial charge < -0.3 is 10.1 Å². The second-order valence-corrected chi connectivity index (χ2v) is 6.05. The van der Waals surface area contributed by atoms with Crippen molar-refractivity contribution in [2.45, 2.75) is 53.2 Å². The molecule has 110 valence electrons. The van der Waals surface area contributed by atoms with Gasteiger partial charge in [0.15, 0.2) is 0 Å². The summed E-state index contributed by atoms with van der Waals surface area (Å²) in [4.78, 5) is 24.0. The second-order valence-electron chi connectivity index (χ2n) is 6.05. The van der Waals surface area contributed by atoms with Gasteiger partial charge >= 0.3 is 5.97 Å². The number of rotatable bonds is 3. The van der Waals surface area contributed by atoms with E-state index < -0.39 is 17.6 Å². The van der Waals surface area contributed by atoms with Gasteiger partial charge in [-0.05, 0) is 53.2 Å². The van der Waals surface area contributed by atoms with Crippen LogP contribution >= 0.6 is 0 Å². The number of carbonyl (C=O) groups is 2. The van der Waals surface area contributed by atoms with Crippen LogP contribution in [-0.2, 0) is 9.53 Å². The van der Waals surface area contributed by atoms with Gasteiger partial charge in [0.05, 0.1) is 0 Å². The molecule has 0 heterocycles. The predicted octanol–water partition coefficient (Wildman–Crippen LogP) is 2.76. The Hall–Kier alpha value is -1.84. The van der Waals surface area contributed by atoms with Crippen molar-refractivity contribution in [2.75, 3.05) is 0 Å². The molecule has 0 spiro atoms. The highest BCUT2D eigenvalue weighted by molar-refractivity contribution is 5.97. The summed E-state index contributed by atoms with van der Waals surface area (Å²) in [6.07, 6.45) is 0. The molecule has 1 rings (SSSR count). The summed E-state index contributed by atoms with van der Waals surface area (Å²) in [5.74, 6) is -0.698. The van der Waals surface area contributed by atoms with Gasteiger partial charge in [0.1, 0.15) is 11.6 Å². The van der Waals surface area contributed by atoms with E-state index in [9.17, 15) is 9.59 Å². The van der Waals surface area contributed by atoms with Crippen molar-refractivity contribution in [3.8, 4) is 0 Å². The zero-order valence-electron chi connectivity index (χ0n) is 13.0. The van der Waals surface area contributed by atoms with Crippen molar-refractivity contribution in [1.82, 2.24) is 5.32 Å². The standard InChI is InChI=1S/C16H23NO3/c1-10-7-8-13(11(2)9-10)14(18)17-12(3)15(19)20-16(4,5)6/h7-9,12H,1-6H3,(H,17,18)/t12-/m1/s1. The van der Waals surface area contributed by atoms with E-state index in [4.69, 9.17) is 4.74 Å². The SMILES string of the molecule is Cc1ccc(C(=O)N[C@H](C)C(=O)OC(C)(C)C)c(C)c1. The molecule has 0 saturated heterocycles. The third-order valence-electron chi connectivity index (χ3n) is 2.73. The summed E-state index contributed by atoms with van der Waals surface area (Å²) in [6, 6.07) is 4.90. The Kier molecular flexibility index (Phi) is 4.93. The molecule has 4 heteroatoms. The first-order chi connectivity index (χ1) is 9.10. The van der Waals surface area contributed by atoms with Crippen molar-refractivity contribution in [1.29, 1.82) is 0 Å². The Morgan fingerprint density at radius 3 is 2.30 bits per heavy atom. The molecule has 0 aliphatic carbocycles. The summed E-state index contributed by atoms with van der Waals surface area (Å²) in [5, 5.41) is 2.67. The van der Waals surface area contributed by atoms with Crippen molar-refractivity contribution < 1.29 is 14.3 Å². The van der Waals surface area contributed by atoms with Crippen LogP contribution in [0.3, 0.4) is 0 Å². The smallest absolute Gasteiger partial charge is 0.328 e. The largest absolute Gasteiger partial charge is 0.458 e. The van der Waals surface area contributed by atoms with Gasteiger partial charge in [-0.2, -0.15) is 0 Å². The zero-order chi connectivity index (χ0) is 15.5. The molecule has 0 fully saturated rings. The van der Waals surface area contributed by atoms with Gasteiger partial charge in [0.25, 0.3) is 5.91 Å². The van der Waals surface area contributed by atoms with E-state index in [2.05, 4.69) is 5.32 Å². The average Bonchev–Trinajstić information content (AvgIpc) is 2.26. The number of hydrogen-bond acceptors (Lipinski definition) is 3. The number of carbonyl (C=O) groups excluding carboxylic acids is 2. The van der Waals surface area contributed by atoms with Gasteiger partial charge in [0, 0.05) is 5.56 Å². The normalized spacial score (nSPS) is 12.7. The van der Waals surface area contributed by atoms with Crippen LogP contribution in [0.5, 0.6) is 0 Å². The number of nitrogens with one attached hydrogen (secondary N) is 1. The molecule has 0 bridgehead atoms. The molecule has 20 heavy (non-hydrogen) atoms. The van der Waals surface area contributed by atoms with E-state index in [1.165, 1.54) is 0 Å². The highest BCUT2D eigenvalue weighted by atomic mass is 16.6. The Bertz CT molecular complexity index is 515. The van der Waals surface area contributed by atoms with Crippen LogP contribution in [0.2, 0.25) is 0 Å². The van der Waals surface area contributed by atoms with Crippen LogP contribution in [0.1, 0.15) is 49.2 Å². The highest BCUT2D eigenvalue weighted by Gasteiger charge is 2.23. The van der Waals surface area contributed by atoms with Crippen LogP contribution in [0.15, 0.2) is 18.2 Å². The minimum atomic E-state index is -0.678. The number of amides is 1. The minimum absolute atomic E-state index is 0.263. The van der Waals surface area contributed by atoms with Gasteiger partial charge in [0.2, 0.25) is 0 Å². The van der Waals surface area contributed by atoms with Crippen LogP contribution in [-0.4, -0.2) is 23.5 Å². The van der Waals surface area contributed by atoms with E-state index in [0.29, 0.717) is 5.56 Å². The molecule has 4 nitrogen and oxygen atoms in total. The molecule has 0 saturated carbocycles. The van der Waals surface area contributed by atoms with Crippen LogP contribution in [0.25, 0.3) is 0 Å². The topological polar surface area (TPSA) is 55.4 Å². The van der Waals surface area contributed by atoms with E-state index in [0.717, 1.165) is 11.1 Å². The lowest BCUT2D eigenvalue weighted by atomic mass is 10.0. The van der Waals surface area contributed by atoms with Crippen molar-refractivity contribution >= 4 is 11.9 Å². The Morgan fingerprint density at radius 2 is 1.80 bits per heavy atom. The molecule has 1 amide bonds. The number of aryl methyl sites for hydroxylation is 2. The monoisotopic (exact) mass is 277 g/mol. The van der Waals surface area contributed by atoms with E-state index in [-0.39, 0.29) is 5.91 Å². The molecule has 1 aromatic rings. The van der Waals surface area contributed by atoms with Crippen molar-refractivity contribution in [3.05, 3.63) is 34.9 Å². The van der Waals surface area contributed by atoms with E-state index in [1.807, 2.05) is 26.0 Å². The first kappa shape index (κ1) is 16.2. The molecule has 0 aliphatic rings. The zero-order valence-corrected chi connectivity index (χ0v) is 13.0. The number of ether oxygens (including phenoxy) is 1. The van der Waals surface area contributed by atoms with Crippen molar-refractivity contribution in [3.63, 3.8) is 0 Å². The molecule has 0 radical (unpaired) electrons. The lowest BCUT2D eigenvalue weighted by Gasteiger charge is -2.22. The van der Waals surface area contributed by atoms with Crippen LogP contribution in [0.4, 0.5) is 0 Å². The fourth-order valence-electron chi connectivity index (χ4n) is 1.79. The maximum atomic E-state index is 12.1. The fourth-order valence-corrected chi connectivity index (χ4v) is 1.79. The molecule has 1 aromatic carbocycles.